The summed E-state index contributed by atoms with van der Waals surface area (Å²) in [6, 6.07) is 9.62. The van der Waals surface area contributed by atoms with Crippen LogP contribution in [0.25, 0.3) is 0 Å². The molecule has 0 aliphatic carbocycles. The van der Waals surface area contributed by atoms with E-state index in [0.717, 1.165) is 52.2 Å². The lowest BCUT2D eigenvalue weighted by atomic mass is 9.80. The zero-order valence-electron chi connectivity index (χ0n) is 20.6. The highest BCUT2D eigenvalue weighted by atomic mass is 16.6. The molecule has 182 valence electrons. The molecule has 4 aliphatic heterocycles. The van der Waals surface area contributed by atoms with Gasteiger partial charge in [0.1, 0.15) is 11.2 Å². The zero-order chi connectivity index (χ0) is 23.1. The molecule has 1 atom stereocenters. The highest BCUT2D eigenvalue weighted by Gasteiger charge is 2.53. The minimum Gasteiger partial charge on any atom is -0.444 e. The van der Waals surface area contributed by atoms with Crippen LogP contribution in [0.3, 0.4) is 0 Å². The van der Waals surface area contributed by atoms with Crippen molar-refractivity contribution < 1.29 is 19.0 Å². The molecule has 5 rings (SSSR count). The SMILES string of the molecule is CC(C)(C)OC(=O)N1CC2(C[C@H](N3CCC(c4ccccc4C4CCOCC4)CC3)CO2)C1. The Morgan fingerprint density at radius 3 is 2.21 bits per heavy atom. The van der Waals surface area contributed by atoms with Crippen LogP contribution < -0.4 is 0 Å². The van der Waals surface area contributed by atoms with Gasteiger partial charge in [0.2, 0.25) is 0 Å². The number of nitrogens with zero attached hydrogens (tertiary/aromatic N) is 2. The molecule has 0 N–H and O–H groups in total. The molecule has 0 unspecified atom stereocenters. The molecule has 4 fully saturated rings. The van der Waals surface area contributed by atoms with Crippen LogP contribution in [0.2, 0.25) is 0 Å². The third-order valence-corrected chi connectivity index (χ3v) is 7.94. The summed E-state index contributed by atoms with van der Waals surface area (Å²) in [7, 11) is 0. The summed E-state index contributed by atoms with van der Waals surface area (Å²) in [6.45, 7) is 11.9. The Labute approximate surface area is 198 Å². The van der Waals surface area contributed by atoms with Crippen LogP contribution in [0.1, 0.15) is 75.8 Å². The van der Waals surface area contributed by atoms with Gasteiger partial charge >= 0.3 is 6.09 Å². The Morgan fingerprint density at radius 2 is 1.61 bits per heavy atom. The number of amides is 1. The fourth-order valence-electron chi connectivity index (χ4n) is 6.22. The largest absolute Gasteiger partial charge is 0.444 e. The van der Waals surface area contributed by atoms with Crippen LogP contribution in [-0.4, -0.2) is 79.1 Å². The van der Waals surface area contributed by atoms with Gasteiger partial charge in [-0.3, -0.25) is 4.90 Å². The van der Waals surface area contributed by atoms with E-state index in [1.54, 1.807) is 16.0 Å². The topological polar surface area (TPSA) is 51.2 Å². The molecule has 0 radical (unpaired) electrons. The predicted octanol–water partition coefficient (Wildman–Crippen LogP) is 4.54. The number of hydrogen-bond donors (Lipinski definition) is 0. The van der Waals surface area contributed by atoms with Crippen molar-refractivity contribution in [3.8, 4) is 0 Å². The fourth-order valence-corrected chi connectivity index (χ4v) is 6.22. The van der Waals surface area contributed by atoms with Crippen LogP contribution in [0, 0.1) is 0 Å². The van der Waals surface area contributed by atoms with Crippen molar-refractivity contribution in [3.63, 3.8) is 0 Å². The summed E-state index contributed by atoms with van der Waals surface area (Å²) in [4.78, 5) is 16.7. The number of hydrogen-bond acceptors (Lipinski definition) is 5. The van der Waals surface area contributed by atoms with E-state index in [9.17, 15) is 4.79 Å². The standard InChI is InChI=1S/C27H40N2O4/c1-26(2,3)33-25(30)29-18-27(19-29)16-22(17-32-27)28-12-8-20(9-13-28)23-6-4-5-7-24(23)21-10-14-31-15-11-21/h4-7,20-22H,8-19H2,1-3H3/t22-/m0/s1. The number of benzene rings is 1. The van der Waals surface area contributed by atoms with Crippen molar-refractivity contribution in [2.75, 3.05) is 46.0 Å². The first-order valence-electron chi connectivity index (χ1n) is 12.8. The first-order valence-corrected chi connectivity index (χ1v) is 12.8. The Bertz CT molecular complexity index is 831. The molecule has 1 aromatic rings. The van der Waals surface area contributed by atoms with E-state index in [-0.39, 0.29) is 11.7 Å². The Balaban J connectivity index is 1.13. The van der Waals surface area contributed by atoms with Crippen LogP contribution in [0.5, 0.6) is 0 Å². The summed E-state index contributed by atoms with van der Waals surface area (Å²) in [5.41, 5.74) is 2.54. The Kier molecular flexibility index (Phi) is 6.45. The third-order valence-electron chi connectivity index (χ3n) is 7.94. The van der Waals surface area contributed by atoms with Crippen LogP contribution in [0.15, 0.2) is 24.3 Å². The van der Waals surface area contributed by atoms with Gasteiger partial charge in [0.15, 0.2) is 0 Å². The third kappa shape index (κ3) is 5.08. The lowest BCUT2D eigenvalue weighted by Crippen LogP contribution is -2.64. The smallest absolute Gasteiger partial charge is 0.410 e. The second-order valence-corrected chi connectivity index (χ2v) is 11.5. The maximum Gasteiger partial charge on any atom is 0.410 e. The van der Waals surface area contributed by atoms with Gasteiger partial charge in [0, 0.05) is 19.3 Å². The summed E-state index contributed by atoms with van der Waals surface area (Å²) in [6.07, 6.45) is 5.54. The molecule has 4 aliphatic rings. The maximum absolute atomic E-state index is 12.3. The fraction of sp³-hybridized carbons (Fsp3) is 0.741. The summed E-state index contributed by atoms with van der Waals surface area (Å²) >= 11 is 0. The molecule has 4 saturated heterocycles. The molecular formula is C27H40N2O4. The molecule has 0 saturated carbocycles. The van der Waals surface area contributed by atoms with Crippen molar-refractivity contribution in [2.24, 2.45) is 0 Å². The van der Waals surface area contributed by atoms with Crippen molar-refractivity contribution >= 4 is 6.09 Å². The van der Waals surface area contributed by atoms with Crippen LogP contribution in [-0.2, 0) is 14.2 Å². The number of carbonyl (C=O) groups is 1. The normalized spacial score (nSPS) is 27.0. The highest BCUT2D eigenvalue weighted by molar-refractivity contribution is 5.69. The first-order chi connectivity index (χ1) is 15.8. The Morgan fingerprint density at radius 1 is 1.00 bits per heavy atom. The summed E-state index contributed by atoms with van der Waals surface area (Å²) in [5.74, 6) is 1.31. The van der Waals surface area contributed by atoms with Gasteiger partial charge in [-0.25, -0.2) is 4.79 Å². The predicted molar refractivity (Wildman–Crippen MR) is 128 cm³/mol. The number of ether oxygens (including phenoxy) is 3. The van der Waals surface area contributed by atoms with E-state index in [4.69, 9.17) is 14.2 Å². The molecule has 1 amide bonds. The van der Waals surface area contributed by atoms with E-state index in [1.165, 1.54) is 12.8 Å². The number of likely N-dealkylation sites (tertiary alicyclic amines) is 2. The zero-order valence-corrected chi connectivity index (χ0v) is 20.6. The second-order valence-electron chi connectivity index (χ2n) is 11.5. The van der Waals surface area contributed by atoms with Crippen molar-refractivity contribution in [3.05, 3.63) is 35.4 Å². The van der Waals surface area contributed by atoms with Gasteiger partial charge in [-0.05, 0) is 88.9 Å². The lowest BCUT2D eigenvalue weighted by molar-refractivity contribution is -0.109. The Hall–Kier alpha value is -1.63. The van der Waals surface area contributed by atoms with Crippen molar-refractivity contribution in [1.82, 2.24) is 9.80 Å². The average molecular weight is 457 g/mol. The van der Waals surface area contributed by atoms with Gasteiger partial charge in [-0.1, -0.05) is 24.3 Å². The molecular weight excluding hydrogens is 416 g/mol. The quantitative estimate of drug-likeness (QED) is 0.669. The maximum atomic E-state index is 12.3. The van der Waals surface area contributed by atoms with E-state index in [2.05, 4.69) is 29.2 Å². The summed E-state index contributed by atoms with van der Waals surface area (Å²) < 4.78 is 17.4. The van der Waals surface area contributed by atoms with Gasteiger partial charge in [-0.2, -0.15) is 0 Å². The number of piperidine rings is 1. The van der Waals surface area contributed by atoms with E-state index in [1.807, 2.05) is 20.8 Å². The van der Waals surface area contributed by atoms with Gasteiger partial charge in [0.05, 0.1) is 19.7 Å². The molecule has 6 heteroatoms. The summed E-state index contributed by atoms with van der Waals surface area (Å²) in [5, 5.41) is 0. The average Bonchev–Trinajstić information content (AvgIpc) is 3.24. The van der Waals surface area contributed by atoms with E-state index >= 15 is 0 Å². The lowest BCUT2D eigenvalue weighted by Gasteiger charge is -2.47. The molecule has 0 bridgehead atoms. The van der Waals surface area contributed by atoms with Gasteiger partial charge in [-0.15, -0.1) is 0 Å². The molecule has 0 aromatic heterocycles. The minimum absolute atomic E-state index is 0.159. The molecule has 1 spiro atoms. The van der Waals surface area contributed by atoms with Crippen molar-refractivity contribution in [1.29, 1.82) is 0 Å². The first kappa shape index (κ1) is 23.1. The van der Waals surface area contributed by atoms with E-state index < -0.39 is 5.60 Å². The molecule has 6 nitrogen and oxygen atoms in total. The second kappa shape index (κ2) is 9.20. The molecule has 33 heavy (non-hydrogen) atoms. The number of carbonyl (C=O) groups excluding carboxylic acids is 1. The van der Waals surface area contributed by atoms with Crippen molar-refractivity contribution in [2.45, 2.75) is 82.0 Å². The van der Waals surface area contributed by atoms with Gasteiger partial charge in [0.25, 0.3) is 0 Å². The van der Waals surface area contributed by atoms with Crippen LogP contribution >= 0.6 is 0 Å². The van der Waals surface area contributed by atoms with Gasteiger partial charge < -0.3 is 19.1 Å². The molecule has 1 aromatic carbocycles. The van der Waals surface area contributed by atoms with E-state index in [0.29, 0.717) is 31.0 Å². The minimum atomic E-state index is -0.452. The monoisotopic (exact) mass is 456 g/mol. The number of rotatable bonds is 3. The molecule has 4 heterocycles. The highest BCUT2D eigenvalue weighted by Crippen LogP contribution is 2.41. The van der Waals surface area contributed by atoms with Crippen LogP contribution in [0.4, 0.5) is 4.79 Å².